The molecule has 3 aliphatic carbocycles. The second kappa shape index (κ2) is 5.83. The van der Waals surface area contributed by atoms with Gasteiger partial charge in [0.05, 0.1) is 0 Å². The Morgan fingerprint density at radius 2 is 2.00 bits per heavy atom. The van der Waals surface area contributed by atoms with E-state index < -0.39 is 11.6 Å². The molecule has 1 aromatic carbocycles. The van der Waals surface area contributed by atoms with E-state index >= 15 is 0 Å². The summed E-state index contributed by atoms with van der Waals surface area (Å²) in [6.07, 6.45) is 6.01. The summed E-state index contributed by atoms with van der Waals surface area (Å²) in [5.74, 6) is 1.81. The van der Waals surface area contributed by atoms with Gasteiger partial charge in [0, 0.05) is 11.8 Å². The van der Waals surface area contributed by atoms with Gasteiger partial charge in [0.15, 0.2) is 5.60 Å². The van der Waals surface area contributed by atoms with E-state index in [1.807, 2.05) is 12.1 Å². The van der Waals surface area contributed by atoms with E-state index in [9.17, 15) is 14.7 Å². The molecule has 4 nitrogen and oxygen atoms in total. The van der Waals surface area contributed by atoms with Crippen LogP contribution in [0.2, 0.25) is 0 Å². The minimum atomic E-state index is -1.23. The van der Waals surface area contributed by atoms with Gasteiger partial charge in [-0.15, -0.1) is 0 Å². The summed E-state index contributed by atoms with van der Waals surface area (Å²) >= 11 is 0. The Morgan fingerprint density at radius 1 is 1.23 bits per heavy atom. The molecule has 4 heteroatoms. The number of benzene rings is 1. The van der Waals surface area contributed by atoms with Crippen LogP contribution < -0.4 is 4.74 Å². The first-order chi connectivity index (χ1) is 12.2. The second-order valence-electron chi connectivity index (χ2n) is 9.11. The summed E-state index contributed by atoms with van der Waals surface area (Å²) in [5.41, 5.74) is 1.36. The molecule has 2 saturated carbocycles. The number of fused-ring (bicyclic) bond motifs is 5. The van der Waals surface area contributed by atoms with Crippen molar-refractivity contribution in [2.75, 3.05) is 0 Å². The van der Waals surface area contributed by atoms with Gasteiger partial charge in [-0.05, 0) is 87.0 Å². The van der Waals surface area contributed by atoms with Crippen molar-refractivity contribution in [3.8, 4) is 5.75 Å². The van der Waals surface area contributed by atoms with E-state index in [0.717, 1.165) is 38.5 Å². The predicted molar refractivity (Wildman–Crippen MR) is 98.4 cm³/mol. The molecule has 1 aromatic rings. The van der Waals surface area contributed by atoms with Crippen LogP contribution in [0.1, 0.15) is 69.9 Å². The zero-order valence-corrected chi connectivity index (χ0v) is 15.9. The van der Waals surface area contributed by atoms with Crippen LogP contribution in [0.25, 0.3) is 0 Å². The highest BCUT2D eigenvalue weighted by molar-refractivity contribution is 5.87. The third-order valence-corrected chi connectivity index (χ3v) is 7.30. The van der Waals surface area contributed by atoms with E-state index in [4.69, 9.17) is 4.74 Å². The number of hydrogen-bond acceptors (Lipinski definition) is 3. The van der Waals surface area contributed by atoms with Gasteiger partial charge < -0.3 is 9.84 Å². The van der Waals surface area contributed by atoms with Crippen molar-refractivity contribution in [3.63, 3.8) is 0 Å². The average molecular weight is 356 g/mol. The van der Waals surface area contributed by atoms with Gasteiger partial charge in [-0.1, -0.05) is 13.0 Å². The van der Waals surface area contributed by atoms with Crippen molar-refractivity contribution in [2.24, 2.45) is 17.3 Å². The lowest BCUT2D eigenvalue weighted by Gasteiger charge is -2.48. The van der Waals surface area contributed by atoms with Gasteiger partial charge >= 0.3 is 5.97 Å². The summed E-state index contributed by atoms with van der Waals surface area (Å²) in [4.78, 5) is 23.7. The molecule has 26 heavy (non-hydrogen) atoms. The minimum absolute atomic E-state index is 0.0900. The predicted octanol–water partition coefficient (Wildman–Crippen LogP) is 4.35. The Kier molecular flexibility index (Phi) is 3.94. The zero-order valence-electron chi connectivity index (χ0n) is 15.9. The van der Waals surface area contributed by atoms with Crippen molar-refractivity contribution >= 4 is 11.8 Å². The summed E-state index contributed by atoms with van der Waals surface area (Å²) in [5, 5.41) is 9.28. The molecular weight excluding hydrogens is 328 g/mol. The topological polar surface area (TPSA) is 63.6 Å². The number of rotatable bonds is 3. The number of carbonyl (C=O) groups excluding carboxylic acids is 1. The van der Waals surface area contributed by atoms with Crippen molar-refractivity contribution < 1.29 is 19.4 Å². The number of aliphatic carboxylic acids is 1. The molecule has 0 radical (unpaired) electrons. The molecule has 0 aliphatic heterocycles. The van der Waals surface area contributed by atoms with Crippen molar-refractivity contribution in [1.82, 2.24) is 0 Å². The van der Waals surface area contributed by atoms with E-state index in [1.54, 1.807) is 13.8 Å². The first-order valence-corrected chi connectivity index (χ1v) is 9.81. The van der Waals surface area contributed by atoms with Gasteiger partial charge in [-0.2, -0.15) is 0 Å². The molecule has 4 rings (SSSR count). The van der Waals surface area contributed by atoms with Crippen LogP contribution in [0.3, 0.4) is 0 Å². The molecule has 0 spiro atoms. The molecule has 1 N–H and O–H groups in total. The number of hydrogen-bond donors (Lipinski definition) is 1. The van der Waals surface area contributed by atoms with Crippen LogP contribution >= 0.6 is 0 Å². The number of ether oxygens (including phenoxy) is 1. The van der Waals surface area contributed by atoms with Gasteiger partial charge in [0.1, 0.15) is 11.5 Å². The SMILES string of the molecule is CC(C)(Oc1ccc2c(c1)CC[C@@H]1[C@@H]2CC[C@]2(C)C(=O)CC[C@@H]12)C(=O)O. The fourth-order valence-electron chi connectivity index (χ4n) is 5.73. The van der Waals surface area contributed by atoms with Gasteiger partial charge in [-0.25, -0.2) is 4.79 Å². The molecule has 0 saturated heterocycles. The van der Waals surface area contributed by atoms with Crippen molar-refractivity contribution in [3.05, 3.63) is 29.3 Å². The fourth-order valence-corrected chi connectivity index (χ4v) is 5.73. The number of carboxylic acid groups (broad SMARTS) is 1. The van der Waals surface area contributed by atoms with Crippen LogP contribution in [0.5, 0.6) is 5.75 Å². The summed E-state index contributed by atoms with van der Waals surface area (Å²) < 4.78 is 5.72. The lowest BCUT2D eigenvalue weighted by molar-refractivity contribution is -0.152. The van der Waals surface area contributed by atoms with Crippen molar-refractivity contribution in [2.45, 2.75) is 70.8 Å². The summed E-state index contributed by atoms with van der Waals surface area (Å²) in [6.45, 7) is 5.34. The summed E-state index contributed by atoms with van der Waals surface area (Å²) in [6, 6.07) is 6.09. The number of carboxylic acids is 1. The lowest BCUT2D eigenvalue weighted by Crippen LogP contribution is -2.42. The van der Waals surface area contributed by atoms with Crippen LogP contribution in [0.15, 0.2) is 18.2 Å². The fraction of sp³-hybridized carbons (Fsp3) is 0.636. The Morgan fingerprint density at radius 3 is 2.73 bits per heavy atom. The molecule has 0 bridgehead atoms. The Hall–Kier alpha value is -1.84. The molecule has 0 heterocycles. The van der Waals surface area contributed by atoms with Crippen molar-refractivity contribution in [1.29, 1.82) is 0 Å². The Balaban J connectivity index is 1.60. The first kappa shape index (κ1) is 17.6. The molecule has 3 aliphatic rings. The Labute approximate surface area is 154 Å². The number of Topliss-reactive ketones (excluding diaryl/α,β-unsaturated/α-hetero) is 1. The Bertz CT molecular complexity index is 765. The number of carbonyl (C=O) groups is 2. The molecule has 140 valence electrons. The smallest absolute Gasteiger partial charge is 0.347 e. The molecule has 0 aromatic heterocycles. The highest BCUT2D eigenvalue weighted by Crippen LogP contribution is 2.59. The molecule has 2 fully saturated rings. The molecule has 0 amide bonds. The van der Waals surface area contributed by atoms with Gasteiger partial charge in [0.25, 0.3) is 0 Å². The minimum Gasteiger partial charge on any atom is -0.478 e. The first-order valence-electron chi connectivity index (χ1n) is 9.81. The van der Waals surface area contributed by atoms with Crippen LogP contribution in [-0.4, -0.2) is 22.5 Å². The van der Waals surface area contributed by atoms with Gasteiger partial charge in [0.2, 0.25) is 0 Å². The quantitative estimate of drug-likeness (QED) is 0.874. The van der Waals surface area contributed by atoms with E-state index in [1.165, 1.54) is 11.1 Å². The normalized spacial score (nSPS) is 33.2. The van der Waals surface area contributed by atoms with E-state index in [2.05, 4.69) is 13.0 Å². The lowest BCUT2D eigenvalue weighted by atomic mass is 9.55. The average Bonchev–Trinajstić information content (AvgIpc) is 2.89. The van der Waals surface area contributed by atoms with Crippen LogP contribution in [0, 0.1) is 17.3 Å². The number of ketones is 1. The monoisotopic (exact) mass is 356 g/mol. The van der Waals surface area contributed by atoms with E-state index in [0.29, 0.717) is 29.3 Å². The molecule has 0 unspecified atom stereocenters. The van der Waals surface area contributed by atoms with Crippen LogP contribution in [-0.2, 0) is 16.0 Å². The maximum atomic E-state index is 12.4. The molecular formula is C22H28O4. The zero-order chi connectivity index (χ0) is 18.7. The van der Waals surface area contributed by atoms with Crippen LogP contribution in [0.4, 0.5) is 0 Å². The van der Waals surface area contributed by atoms with Gasteiger partial charge in [-0.3, -0.25) is 4.79 Å². The standard InChI is InChI=1S/C22H28O4/c1-21(2,20(24)25)26-14-5-7-15-13(12-14)4-6-17-16(15)10-11-22(3)18(17)8-9-19(22)23/h5,7,12,16-18H,4,6,8-11H2,1-3H3,(H,24,25)/t16-,17-,18+,22+/m1/s1. The summed E-state index contributed by atoms with van der Waals surface area (Å²) in [7, 11) is 0. The molecule has 4 atom stereocenters. The van der Waals surface area contributed by atoms with E-state index in [-0.39, 0.29) is 5.41 Å². The third-order valence-electron chi connectivity index (χ3n) is 7.30. The second-order valence-corrected chi connectivity index (χ2v) is 9.11. The highest BCUT2D eigenvalue weighted by Gasteiger charge is 2.54. The number of aryl methyl sites for hydroxylation is 1. The largest absolute Gasteiger partial charge is 0.478 e. The maximum absolute atomic E-state index is 12.4. The maximum Gasteiger partial charge on any atom is 0.347 e. The highest BCUT2D eigenvalue weighted by atomic mass is 16.5. The third kappa shape index (κ3) is 2.57.